The average molecular weight is 410 g/mol. The van der Waals surface area contributed by atoms with Crippen LogP contribution in [0.5, 0.6) is 0 Å². The molecule has 0 saturated carbocycles. The second kappa shape index (κ2) is 7.72. The van der Waals surface area contributed by atoms with Crippen molar-refractivity contribution in [3.8, 4) is 5.82 Å². The number of rotatable bonds is 5. The molecule has 0 spiro atoms. The van der Waals surface area contributed by atoms with Crippen molar-refractivity contribution in [1.82, 2.24) is 19.9 Å². The Labute approximate surface area is 179 Å². The lowest BCUT2D eigenvalue weighted by Crippen LogP contribution is -2.24. The van der Waals surface area contributed by atoms with Gasteiger partial charge in [0.2, 0.25) is 5.91 Å². The van der Waals surface area contributed by atoms with Gasteiger partial charge in [0.05, 0.1) is 23.7 Å². The first kappa shape index (κ1) is 19.1. The number of benzene rings is 2. The molecule has 31 heavy (non-hydrogen) atoms. The number of nitrogens with zero attached hydrogens (tertiary/aromatic N) is 3. The van der Waals surface area contributed by atoms with Crippen molar-refractivity contribution in [2.45, 2.75) is 26.8 Å². The molecule has 0 fully saturated rings. The molecule has 0 aliphatic carbocycles. The van der Waals surface area contributed by atoms with Crippen LogP contribution in [-0.2, 0) is 17.8 Å². The van der Waals surface area contributed by atoms with Crippen LogP contribution in [0, 0.1) is 13.8 Å². The first-order chi connectivity index (χ1) is 15.1. The Hall–Kier alpha value is -3.93. The van der Waals surface area contributed by atoms with Crippen molar-refractivity contribution in [3.63, 3.8) is 0 Å². The summed E-state index contributed by atoms with van der Waals surface area (Å²) in [6.45, 7) is 4.54. The van der Waals surface area contributed by atoms with E-state index in [0.29, 0.717) is 6.54 Å². The van der Waals surface area contributed by atoms with Crippen LogP contribution in [0.25, 0.3) is 27.8 Å². The molecule has 0 saturated heterocycles. The van der Waals surface area contributed by atoms with Gasteiger partial charge in [0, 0.05) is 23.7 Å². The molecule has 3 heterocycles. The molecule has 0 radical (unpaired) electrons. The molecule has 2 aromatic carbocycles. The van der Waals surface area contributed by atoms with Crippen molar-refractivity contribution in [2.75, 3.05) is 0 Å². The Morgan fingerprint density at radius 2 is 1.90 bits per heavy atom. The number of para-hydroxylation sites is 2. The number of amides is 1. The van der Waals surface area contributed by atoms with Gasteiger partial charge in [0.25, 0.3) is 0 Å². The van der Waals surface area contributed by atoms with Gasteiger partial charge >= 0.3 is 0 Å². The van der Waals surface area contributed by atoms with E-state index < -0.39 is 0 Å². The zero-order valence-electron chi connectivity index (χ0n) is 17.4. The smallest absolute Gasteiger partial charge is 0.224 e. The maximum atomic E-state index is 12.5. The first-order valence-corrected chi connectivity index (χ1v) is 10.2. The minimum atomic E-state index is -0.0504. The van der Waals surface area contributed by atoms with Gasteiger partial charge in [-0.3, -0.25) is 9.36 Å². The number of imidazole rings is 1. The Morgan fingerprint density at radius 1 is 1.06 bits per heavy atom. The topological polar surface area (TPSA) is 73.0 Å². The van der Waals surface area contributed by atoms with Gasteiger partial charge in [-0.15, -0.1) is 0 Å². The standard InChI is InChI=1S/C25H22N4O2/c1-16-9-20-19(14-31-23(20)10-17(16)2)11-25(30)27-13-18-7-8-24(26-12-18)29-15-28-21-5-3-4-6-22(21)29/h3-10,12,14-15H,11,13H2,1-2H3,(H,27,30). The van der Waals surface area contributed by atoms with Crippen molar-refractivity contribution in [2.24, 2.45) is 0 Å². The summed E-state index contributed by atoms with van der Waals surface area (Å²) in [6, 6.07) is 15.9. The molecule has 0 aliphatic rings. The zero-order chi connectivity index (χ0) is 21.4. The van der Waals surface area contributed by atoms with Gasteiger partial charge in [0.1, 0.15) is 17.7 Å². The summed E-state index contributed by atoms with van der Waals surface area (Å²) in [5, 5.41) is 3.97. The molecule has 0 unspecified atom stereocenters. The van der Waals surface area contributed by atoms with Gasteiger partial charge in [-0.2, -0.15) is 0 Å². The summed E-state index contributed by atoms with van der Waals surface area (Å²) in [6.07, 6.45) is 5.51. The lowest BCUT2D eigenvalue weighted by molar-refractivity contribution is -0.120. The highest BCUT2D eigenvalue weighted by molar-refractivity contribution is 5.88. The van der Waals surface area contributed by atoms with Crippen LogP contribution in [0.2, 0.25) is 0 Å². The summed E-state index contributed by atoms with van der Waals surface area (Å²) in [7, 11) is 0. The highest BCUT2D eigenvalue weighted by Gasteiger charge is 2.12. The second-order valence-corrected chi connectivity index (χ2v) is 7.78. The van der Waals surface area contributed by atoms with Crippen LogP contribution in [0.15, 0.2) is 71.7 Å². The number of nitrogens with one attached hydrogen (secondary N) is 1. The number of hydrogen-bond donors (Lipinski definition) is 1. The number of hydrogen-bond acceptors (Lipinski definition) is 4. The lowest BCUT2D eigenvalue weighted by atomic mass is 10.0. The fourth-order valence-corrected chi connectivity index (χ4v) is 3.71. The molecule has 0 aliphatic heterocycles. The van der Waals surface area contributed by atoms with Crippen LogP contribution < -0.4 is 5.32 Å². The highest BCUT2D eigenvalue weighted by Crippen LogP contribution is 2.25. The summed E-state index contributed by atoms with van der Waals surface area (Å²) in [5.74, 6) is 0.741. The zero-order valence-corrected chi connectivity index (χ0v) is 17.4. The van der Waals surface area contributed by atoms with Crippen molar-refractivity contribution in [3.05, 3.63) is 89.6 Å². The monoisotopic (exact) mass is 410 g/mol. The average Bonchev–Trinajstić information content (AvgIpc) is 3.37. The van der Waals surface area contributed by atoms with Gasteiger partial charge in [-0.25, -0.2) is 9.97 Å². The first-order valence-electron chi connectivity index (χ1n) is 10.2. The Bertz CT molecular complexity index is 1400. The van der Waals surface area contributed by atoms with E-state index in [1.54, 1.807) is 18.8 Å². The van der Waals surface area contributed by atoms with E-state index >= 15 is 0 Å². The quantitative estimate of drug-likeness (QED) is 0.458. The van der Waals surface area contributed by atoms with Crippen molar-refractivity contribution < 1.29 is 9.21 Å². The number of carbonyl (C=O) groups is 1. The predicted molar refractivity (Wildman–Crippen MR) is 120 cm³/mol. The van der Waals surface area contributed by atoms with E-state index in [-0.39, 0.29) is 12.3 Å². The molecular weight excluding hydrogens is 388 g/mol. The summed E-state index contributed by atoms with van der Waals surface area (Å²) in [4.78, 5) is 21.4. The van der Waals surface area contributed by atoms with E-state index in [1.807, 2.05) is 47.0 Å². The lowest BCUT2D eigenvalue weighted by Gasteiger charge is -2.07. The Balaban J connectivity index is 1.25. The summed E-state index contributed by atoms with van der Waals surface area (Å²) >= 11 is 0. The Kier molecular flexibility index (Phi) is 4.75. The number of furan rings is 1. The molecule has 0 atom stereocenters. The molecule has 6 nitrogen and oxygen atoms in total. The van der Waals surface area contributed by atoms with Crippen LogP contribution in [0.3, 0.4) is 0 Å². The van der Waals surface area contributed by atoms with Crippen molar-refractivity contribution in [1.29, 1.82) is 0 Å². The number of fused-ring (bicyclic) bond motifs is 2. The normalized spacial score (nSPS) is 11.3. The largest absolute Gasteiger partial charge is 0.464 e. The number of aromatic nitrogens is 3. The molecular formula is C25H22N4O2. The highest BCUT2D eigenvalue weighted by atomic mass is 16.3. The third kappa shape index (κ3) is 3.68. The summed E-state index contributed by atoms with van der Waals surface area (Å²) in [5.41, 5.74) is 6.95. The second-order valence-electron chi connectivity index (χ2n) is 7.78. The third-order valence-electron chi connectivity index (χ3n) is 5.62. The van der Waals surface area contributed by atoms with E-state index in [2.05, 4.69) is 35.2 Å². The van der Waals surface area contributed by atoms with Crippen LogP contribution in [0.1, 0.15) is 22.3 Å². The fourth-order valence-electron chi connectivity index (χ4n) is 3.71. The minimum absolute atomic E-state index is 0.0504. The van der Waals surface area contributed by atoms with Gasteiger partial charge < -0.3 is 9.73 Å². The van der Waals surface area contributed by atoms with Crippen LogP contribution in [-0.4, -0.2) is 20.4 Å². The Morgan fingerprint density at radius 3 is 2.74 bits per heavy atom. The molecule has 5 rings (SSSR count). The van der Waals surface area contributed by atoms with E-state index in [9.17, 15) is 4.79 Å². The maximum Gasteiger partial charge on any atom is 0.224 e. The molecule has 0 bridgehead atoms. The molecule has 5 aromatic rings. The minimum Gasteiger partial charge on any atom is -0.464 e. The molecule has 154 valence electrons. The van der Waals surface area contributed by atoms with E-state index in [0.717, 1.165) is 38.9 Å². The van der Waals surface area contributed by atoms with Gasteiger partial charge in [-0.1, -0.05) is 18.2 Å². The number of carbonyl (C=O) groups excluding carboxylic acids is 1. The van der Waals surface area contributed by atoms with Crippen LogP contribution >= 0.6 is 0 Å². The van der Waals surface area contributed by atoms with Crippen molar-refractivity contribution >= 4 is 27.9 Å². The third-order valence-corrected chi connectivity index (χ3v) is 5.62. The molecule has 3 aromatic heterocycles. The van der Waals surface area contributed by atoms with E-state index in [1.165, 1.54) is 11.1 Å². The number of pyridine rings is 1. The van der Waals surface area contributed by atoms with E-state index in [4.69, 9.17) is 4.42 Å². The van der Waals surface area contributed by atoms with Gasteiger partial charge in [0.15, 0.2) is 0 Å². The maximum absolute atomic E-state index is 12.5. The molecule has 1 amide bonds. The SMILES string of the molecule is Cc1cc2occ(CC(=O)NCc3ccc(-n4cnc5ccccc54)nc3)c2cc1C. The molecule has 6 heteroatoms. The molecule has 1 N–H and O–H groups in total. The predicted octanol–water partition coefficient (Wildman–Crippen LogP) is 4.64. The van der Waals surface area contributed by atoms with Crippen LogP contribution in [0.4, 0.5) is 0 Å². The number of aryl methyl sites for hydroxylation is 2. The fraction of sp³-hybridized carbons (Fsp3) is 0.160. The summed E-state index contributed by atoms with van der Waals surface area (Å²) < 4.78 is 7.58. The van der Waals surface area contributed by atoms with Gasteiger partial charge in [-0.05, 0) is 60.9 Å².